The highest BCUT2D eigenvalue weighted by Gasteiger charge is 2.21. The highest BCUT2D eigenvalue weighted by molar-refractivity contribution is 5.93. The smallest absolute Gasteiger partial charge is 0.341 e. The highest BCUT2D eigenvalue weighted by Crippen LogP contribution is 2.24. The van der Waals surface area contributed by atoms with Crippen molar-refractivity contribution in [3.63, 3.8) is 0 Å². The topological polar surface area (TPSA) is 64.8 Å². The number of nitrogen functional groups attached to an aromatic ring is 1. The molecule has 2 N–H and O–H groups in total. The van der Waals surface area contributed by atoms with Gasteiger partial charge in [-0.3, -0.25) is 0 Å². The van der Waals surface area contributed by atoms with Gasteiger partial charge in [0, 0.05) is 11.7 Å². The van der Waals surface area contributed by atoms with Crippen molar-refractivity contribution in [1.29, 1.82) is 0 Å². The summed E-state index contributed by atoms with van der Waals surface area (Å²) < 4.78 is 10.6. The zero-order valence-corrected chi connectivity index (χ0v) is 12.1. The number of piperidine rings is 1. The Kier molecular flexibility index (Phi) is 4.84. The van der Waals surface area contributed by atoms with Crippen LogP contribution in [0.25, 0.3) is 0 Å². The van der Waals surface area contributed by atoms with Crippen LogP contribution in [0, 0.1) is 0 Å². The summed E-state index contributed by atoms with van der Waals surface area (Å²) in [5, 5.41) is 0. The molecule has 0 spiro atoms. The molecule has 1 heterocycles. The van der Waals surface area contributed by atoms with Gasteiger partial charge in [-0.05, 0) is 44.6 Å². The molecule has 0 aliphatic carbocycles. The number of anilines is 1. The van der Waals surface area contributed by atoms with Gasteiger partial charge in [0.15, 0.2) is 0 Å². The summed E-state index contributed by atoms with van der Waals surface area (Å²) in [5.41, 5.74) is 6.61. The molecule has 1 aromatic carbocycles. The van der Waals surface area contributed by atoms with E-state index in [9.17, 15) is 4.79 Å². The molecule has 5 heteroatoms. The van der Waals surface area contributed by atoms with E-state index in [0.29, 0.717) is 29.6 Å². The number of ether oxygens (including phenoxy) is 2. The first-order valence-corrected chi connectivity index (χ1v) is 6.92. The zero-order chi connectivity index (χ0) is 14.5. The number of nitrogens with two attached hydrogens (primary N) is 1. The zero-order valence-electron chi connectivity index (χ0n) is 12.1. The lowest BCUT2D eigenvalue weighted by molar-refractivity contribution is 0.0592. The maximum Gasteiger partial charge on any atom is 0.341 e. The van der Waals surface area contributed by atoms with Gasteiger partial charge in [-0.15, -0.1) is 0 Å². The molecule has 0 saturated carbocycles. The van der Waals surface area contributed by atoms with E-state index in [-0.39, 0.29) is 0 Å². The van der Waals surface area contributed by atoms with Gasteiger partial charge >= 0.3 is 5.97 Å². The van der Waals surface area contributed by atoms with E-state index in [1.807, 2.05) is 0 Å². The van der Waals surface area contributed by atoms with Crippen LogP contribution in [-0.4, -0.2) is 44.2 Å². The Labute approximate surface area is 119 Å². The van der Waals surface area contributed by atoms with E-state index in [0.717, 1.165) is 13.0 Å². The maximum atomic E-state index is 11.7. The molecular weight excluding hydrogens is 256 g/mol. The number of methoxy groups -OCH3 is 1. The van der Waals surface area contributed by atoms with Crippen molar-refractivity contribution in [2.45, 2.75) is 25.3 Å². The van der Waals surface area contributed by atoms with Gasteiger partial charge in [-0.1, -0.05) is 6.42 Å². The quantitative estimate of drug-likeness (QED) is 0.673. The van der Waals surface area contributed by atoms with Gasteiger partial charge in [0.1, 0.15) is 17.9 Å². The fourth-order valence-electron chi connectivity index (χ4n) is 2.48. The average molecular weight is 278 g/mol. The van der Waals surface area contributed by atoms with Gasteiger partial charge in [0.2, 0.25) is 0 Å². The molecule has 2 rings (SSSR count). The summed E-state index contributed by atoms with van der Waals surface area (Å²) in [4.78, 5) is 14.0. The summed E-state index contributed by atoms with van der Waals surface area (Å²) >= 11 is 0. The van der Waals surface area contributed by atoms with E-state index >= 15 is 0 Å². The Bertz CT molecular complexity index is 476. The number of likely N-dealkylation sites (N-methyl/N-ethyl adjacent to an activating group) is 1. The van der Waals surface area contributed by atoms with Crippen LogP contribution in [0.1, 0.15) is 29.6 Å². The van der Waals surface area contributed by atoms with Crippen molar-refractivity contribution in [2.24, 2.45) is 0 Å². The number of carbonyl (C=O) groups excluding carboxylic acids is 1. The molecule has 1 aliphatic rings. The number of carbonyl (C=O) groups is 1. The minimum absolute atomic E-state index is 0.381. The van der Waals surface area contributed by atoms with Crippen molar-refractivity contribution < 1.29 is 14.3 Å². The number of nitrogens with zero attached hydrogens (tertiary/aromatic N) is 1. The van der Waals surface area contributed by atoms with Crippen LogP contribution < -0.4 is 10.5 Å². The molecule has 20 heavy (non-hydrogen) atoms. The number of rotatable bonds is 4. The van der Waals surface area contributed by atoms with Gasteiger partial charge in [-0.25, -0.2) is 4.79 Å². The fraction of sp³-hybridized carbons (Fsp3) is 0.533. The SMILES string of the molecule is COC(=O)c1cc(N)ccc1OCC1CCCCN1C. The van der Waals surface area contributed by atoms with Crippen LogP contribution in [0.15, 0.2) is 18.2 Å². The highest BCUT2D eigenvalue weighted by atomic mass is 16.5. The van der Waals surface area contributed by atoms with E-state index < -0.39 is 5.97 Å². The van der Waals surface area contributed by atoms with Gasteiger partial charge in [-0.2, -0.15) is 0 Å². The van der Waals surface area contributed by atoms with Gasteiger partial charge in [0.05, 0.1) is 7.11 Å². The largest absolute Gasteiger partial charge is 0.491 e. The van der Waals surface area contributed by atoms with Crippen LogP contribution in [0.4, 0.5) is 5.69 Å². The predicted octanol–water partition coefficient (Wildman–Crippen LogP) is 1.92. The molecule has 0 radical (unpaired) electrons. The molecule has 0 aromatic heterocycles. The molecular formula is C15H22N2O3. The van der Waals surface area contributed by atoms with Crippen LogP contribution in [0.3, 0.4) is 0 Å². The Morgan fingerprint density at radius 2 is 2.25 bits per heavy atom. The summed E-state index contributed by atoms with van der Waals surface area (Å²) in [6.07, 6.45) is 3.59. The second kappa shape index (κ2) is 6.61. The maximum absolute atomic E-state index is 11.7. The molecule has 1 fully saturated rings. The van der Waals surface area contributed by atoms with Crippen molar-refractivity contribution in [3.8, 4) is 5.75 Å². The van der Waals surface area contributed by atoms with E-state index in [4.69, 9.17) is 15.2 Å². The molecule has 1 aromatic rings. The van der Waals surface area contributed by atoms with Crippen LogP contribution >= 0.6 is 0 Å². The van der Waals surface area contributed by atoms with Crippen molar-refractivity contribution >= 4 is 11.7 Å². The lowest BCUT2D eigenvalue weighted by Crippen LogP contribution is -2.40. The number of likely N-dealkylation sites (tertiary alicyclic amines) is 1. The standard InChI is InChI=1S/C15H22N2O3/c1-17-8-4-3-5-12(17)10-20-14-7-6-11(16)9-13(14)15(18)19-2/h6-7,9,12H,3-5,8,10,16H2,1-2H3. The van der Waals surface area contributed by atoms with Crippen molar-refractivity contribution in [3.05, 3.63) is 23.8 Å². The second-order valence-corrected chi connectivity index (χ2v) is 5.19. The molecule has 1 unspecified atom stereocenters. The lowest BCUT2D eigenvalue weighted by Gasteiger charge is -2.32. The third kappa shape index (κ3) is 3.42. The number of hydrogen-bond donors (Lipinski definition) is 1. The van der Waals surface area contributed by atoms with Crippen molar-refractivity contribution in [1.82, 2.24) is 4.90 Å². The Morgan fingerprint density at radius 1 is 1.45 bits per heavy atom. The average Bonchev–Trinajstić information content (AvgIpc) is 2.46. The minimum atomic E-state index is -0.427. The first kappa shape index (κ1) is 14.7. The monoisotopic (exact) mass is 278 g/mol. The Hall–Kier alpha value is -1.75. The molecule has 1 saturated heterocycles. The van der Waals surface area contributed by atoms with E-state index in [1.165, 1.54) is 20.0 Å². The first-order valence-electron chi connectivity index (χ1n) is 6.92. The molecule has 0 amide bonds. The Morgan fingerprint density at radius 3 is 2.95 bits per heavy atom. The van der Waals surface area contributed by atoms with Crippen LogP contribution in [0.2, 0.25) is 0 Å². The van der Waals surface area contributed by atoms with Crippen LogP contribution in [0.5, 0.6) is 5.75 Å². The molecule has 1 atom stereocenters. The number of hydrogen-bond acceptors (Lipinski definition) is 5. The normalized spacial score (nSPS) is 19.6. The predicted molar refractivity (Wildman–Crippen MR) is 78.0 cm³/mol. The number of esters is 1. The number of benzene rings is 1. The van der Waals surface area contributed by atoms with Gasteiger partial charge < -0.3 is 20.1 Å². The fourth-order valence-corrected chi connectivity index (χ4v) is 2.48. The van der Waals surface area contributed by atoms with E-state index in [2.05, 4.69) is 11.9 Å². The second-order valence-electron chi connectivity index (χ2n) is 5.19. The summed E-state index contributed by atoms with van der Waals surface area (Å²) in [6.45, 7) is 1.67. The molecule has 110 valence electrons. The molecule has 1 aliphatic heterocycles. The Balaban J connectivity index is 2.06. The first-order chi connectivity index (χ1) is 9.61. The summed E-state index contributed by atoms with van der Waals surface area (Å²) in [7, 11) is 3.46. The minimum Gasteiger partial charge on any atom is -0.491 e. The van der Waals surface area contributed by atoms with Crippen LogP contribution in [-0.2, 0) is 4.74 Å². The van der Waals surface area contributed by atoms with E-state index in [1.54, 1.807) is 18.2 Å². The lowest BCUT2D eigenvalue weighted by atomic mass is 10.0. The third-order valence-electron chi connectivity index (χ3n) is 3.76. The molecule has 5 nitrogen and oxygen atoms in total. The summed E-state index contributed by atoms with van der Waals surface area (Å²) in [5.74, 6) is 0.106. The third-order valence-corrected chi connectivity index (χ3v) is 3.76. The molecule has 0 bridgehead atoms. The van der Waals surface area contributed by atoms with Gasteiger partial charge in [0.25, 0.3) is 0 Å². The van der Waals surface area contributed by atoms with Crippen molar-refractivity contribution in [2.75, 3.05) is 33.0 Å². The summed E-state index contributed by atoms with van der Waals surface area (Å²) in [6, 6.07) is 5.44.